The van der Waals surface area contributed by atoms with Gasteiger partial charge in [-0.05, 0) is 0 Å². The van der Waals surface area contributed by atoms with Gasteiger partial charge in [-0.1, -0.05) is 12.7 Å². The monoisotopic (exact) mass is 236 g/mol. The van der Waals surface area contributed by atoms with E-state index in [0.717, 1.165) is 5.75 Å². The summed E-state index contributed by atoms with van der Waals surface area (Å²) in [6.45, 7) is 4.09. The molecule has 0 aliphatic heterocycles. The predicted octanol–water partition coefficient (Wildman–Crippen LogP) is -1.33. The first-order valence-corrected chi connectivity index (χ1v) is 3.13. The molecule has 0 aliphatic carbocycles. The first-order valence-electron chi connectivity index (χ1n) is 3.13. The summed E-state index contributed by atoms with van der Waals surface area (Å²) in [4.78, 5) is 0. The zero-order valence-electron chi connectivity index (χ0n) is 6.79. The molecule has 12 heavy (non-hydrogen) atoms. The molecule has 1 aromatic carbocycles. The summed E-state index contributed by atoms with van der Waals surface area (Å²) < 4.78 is 5.21. The van der Waals surface area contributed by atoms with Gasteiger partial charge in [0.25, 0.3) is 0 Å². The van der Waals surface area contributed by atoms with Crippen LogP contribution in [0.4, 0.5) is 0 Å². The Kier molecular flexibility index (Phi) is 11.0. The van der Waals surface area contributed by atoms with Crippen LogP contribution in [-0.2, 0) is 0 Å². The summed E-state index contributed by atoms with van der Waals surface area (Å²) in [5.41, 5.74) is 0. The molecule has 60 valence electrons. The van der Waals surface area contributed by atoms with Crippen molar-refractivity contribution in [1.82, 2.24) is 0 Å². The van der Waals surface area contributed by atoms with Crippen molar-refractivity contribution in [3.8, 4) is 5.75 Å². The second-order valence-corrected chi connectivity index (χ2v) is 1.84. The van der Waals surface area contributed by atoms with E-state index in [1.54, 1.807) is 12.1 Å². The number of rotatable bonds is 3. The molecule has 0 heterocycles. The van der Waals surface area contributed by atoms with Crippen LogP contribution in [0.25, 0.3) is 0 Å². The molecule has 3 heteroatoms. The minimum Gasteiger partial charge on any atom is -1.00 e. The fourth-order valence-electron chi connectivity index (χ4n) is 0.622. The van der Waals surface area contributed by atoms with E-state index in [0.29, 0.717) is 6.61 Å². The molecule has 0 saturated heterocycles. The maximum Gasteiger partial charge on any atom is 2.00 e. The quantitative estimate of drug-likeness (QED) is 0.360. The summed E-state index contributed by atoms with van der Waals surface area (Å²) in [5, 5.41) is 0. The van der Waals surface area contributed by atoms with Crippen LogP contribution in [0, 0.1) is 6.07 Å². The van der Waals surface area contributed by atoms with E-state index in [2.05, 4.69) is 12.6 Å². The summed E-state index contributed by atoms with van der Waals surface area (Å²) >= 11 is 0. The van der Waals surface area contributed by atoms with Crippen molar-refractivity contribution in [1.29, 1.82) is 0 Å². The van der Waals surface area contributed by atoms with Gasteiger partial charge in [0.1, 0.15) is 0 Å². The zero-order chi connectivity index (χ0) is 7.23. The third kappa shape index (κ3) is 5.63. The molecule has 1 aromatic rings. The molecule has 0 bridgehead atoms. The predicted molar refractivity (Wildman–Crippen MR) is 46.7 cm³/mol. The van der Waals surface area contributed by atoms with Crippen molar-refractivity contribution in [2.75, 3.05) is 6.61 Å². The van der Waals surface area contributed by atoms with E-state index in [1.807, 2.05) is 18.2 Å². The molecule has 0 fully saturated rings. The Bertz CT molecular complexity index is 201. The summed E-state index contributed by atoms with van der Waals surface area (Å²) in [6, 6.07) is 10.3. The van der Waals surface area contributed by atoms with Crippen molar-refractivity contribution in [2.45, 2.75) is 0 Å². The van der Waals surface area contributed by atoms with Crippen LogP contribution in [0.3, 0.4) is 0 Å². The second kappa shape index (κ2) is 9.10. The van der Waals surface area contributed by atoms with Gasteiger partial charge in [0.05, 0.1) is 6.61 Å². The van der Waals surface area contributed by atoms with Crippen LogP contribution in [0.5, 0.6) is 5.75 Å². The standard InChI is InChI=1S/C9H9O.BrH.Mg/c1-2-8-10-9-6-4-3-5-7-9;;/h2-4,6-7H,1,8H2;1H;/q-1;;+2/p-1. The first kappa shape index (κ1) is 14.5. The van der Waals surface area contributed by atoms with Gasteiger partial charge >= 0.3 is 23.1 Å². The molecule has 0 spiro atoms. The molecule has 0 N–H and O–H groups in total. The number of hydrogen-bond acceptors (Lipinski definition) is 1. The topological polar surface area (TPSA) is 9.23 Å². The second-order valence-electron chi connectivity index (χ2n) is 1.84. The fourth-order valence-corrected chi connectivity index (χ4v) is 0.622. The smallest absolute Gasteiger partial charge is 1.00 e. The average molecular weight is 237 g/mol. The molecule has 0 atom stereocenters. The normalized spacial score (nSPS) is 7.33. The third-order valence-corrected chi connectivity index (χ3v) is 1.05. The van der Waals surface area contributed by atoms with Gasteiger partial charge in [0.2, 0.25) is 0 Å². The Labute approximate surface area is 99.7 Å². The molecule has 0 aliphatic rings. The van der Waals surface area contributed by atoms with Crippen LogP contribution in [-0.4, -0.2) is 29.7 Å². The van der Waals surface area contributed by atoms with E-state index in [1.165, 1.54) is 0 Å². The molecule has 0 saturated carbocycles. The molecule has 0 amide bonds. The Morgan fingerprint density at radius 3 is 2.83 bits per heavy atom. The van der Waals surface area contributed by atoms with Crippen LogP contribution >= 0.6 is 0 Å². The van der Waals surface area contributed by atoms with E-state index in [4.69, 9.17) is 4.74 Å². The largest absolute Gasteiger partial charge is 2.00 e. The van der Waals surface area contributed by atoms with E-state index in [9.17, 15) is 0 Å². The van der Waals surface area contributed by atoms with Gasteiger partial charge in [0, 0.05) is 5.75 Å². The number of halogens is 1. The summed E-state index contributed by atoms with van der Waals surface area (Å²) in [7, 11) is 0. The molecule has 0 radical (unpaired) electrons. The van der Waals surface area contributed by atoms with Crippen molar-refractivity contribution >= 4 is 23.1 Å². The van der Waals surface area contributed by atoms with Crippen molar-refractivity contribution in [2.24, 2.45) is 0 Å². The van der Waals surface area contributed by atoms with Crippen molar-refractivity contribution in [3.63, 3.8) is 0 Å². The van der Waals surface area contributed by atoms with Gasteiger partial charge < -0.3 is 21.7 Å². The maximum atomic E-state index is 5.21. The minimum absolute atomic E-state index is 0. The van der Waals surface area contributed by atoms with E-state index < -0.39 is 0 Å². The molecular weight excluding hydrogens is 228 g/mol. The maximum absolute atomic E-state index is 5.21. The van der Waals surface area contributed by atoms with Crippen LogP contribution < -0.4 is 21.7 Å². The van der Waals surface area contributed by atoms with Crippen molar-refractivity contribution < 1.29 is 21.7 Å². The van der Waals surface area contributed by atoms with Crippen molar-refractivity contribution in [3.05, 3.63) is 43.0 Å². The fraction of sp³-hybridized carbons (Fsp3) is 0.111. The van der Waals surface area contributed by atoms with Gasteiger partial charge in [-0.3, -0.25) is 0 Å². The molecule has 0 aromatic heterocycles. The van der Waals surface area contributed by atoms with Crippen LogP contribution in [0.2, 0.25) is 0 Å². The summed E-state index contributed by atoms with van der Waals surface area (Å²) in [5.74, 6) is 0.836. The number of benzene rings is 1. The van der Waals surface area contributed by atoms with Crippen LogP contribution in [0.15, 0.2) is 36.9 Å². The van der Waals surface area contributed by atoms with Gasteiger partial charge in [-0.25, -0.2) is 0 Å². The number of hydrogen-bond donors (Lipinski definition) is 0. The van der Waals surface area contributed by atoms with Gasteiger partial charge in [0.15, 0.2) is 0 Å². The van der Waals surface area contributed by atoms with Gasteiger partial charge in [-0.2, -0.15) is 18.2 Å². The summed E-state index contributed by atoms with van der Waals surface area (Å²) in [6.07, 6.45) is 1.72. The van der Waals surface area contributed by atoms with E-state index in [-0.39, 0.29) is 40.0 Å². The third-order valence-electron chi connectivity index (χ3n) is 1.05. The Hall–Kier alpha value is 0.00623. The Morgan fingerprint density at radius 1 is 1.58 bits per heavy atom. The molecular formula is C9H9BrMgO. The van der Waals surface area contributed by atoms with Crippen LogP contribution in [0.1, 0.15) is 0 Å². The average Bonchev–Trinajstić information content (AvgIpc) is 2.03. The van der Waals surface area contributed by atoms with Gasteiger partial charge in [-0.15, -0.1) is 12.1 Å². The molecule has 1 rings (SSSR count). The zero-order valence-corrected chi connectivity index (χ0v) is 9.79. The number of ether oxygens (including phenoxy) is 1. The first-order chi connectivity index (χ1) is 4.93. The minimum atomic E-state index is 0. The van der Waals surface area contributed by atoms with E-state index >= 15 is 0 Å². The SMILES string of the molecule is C=CCOc1c[c-]ccc1.[Br-].[Mg+2]. The molecule has 0 unspecified atom stereocenters. The molecule has 1 nitrogen and oxygen atoms in total. The Balaban J connectivity index is 0. The Morgan fingerprint density at radius 2 is 2.33 bits per heavy atom.